The lowest BCUT2D eigenvalue weighted by atomic mass is 10.2. The molecule has 4 aromatic rings. The van der Waals surface area contributed by atoms with Gasteiger partial charge in [0.25, 0.3) is 0 Å². The number of benzene rings is 4. The van der Waals surface area contributed by atoms with Gasteiger partial charge in [-0.25, -0.2) is 0 Å². The molecule has 6 nitrogen and oxygen atoms in total. The molecule has 0 aliphatic carbocycles. The summed E-state index contributed by atoms with van der Waals surface area (Å²) in [4.78, 5) is 9.18. The highest BCUT2D eigenvalue weighted by Crippen LogP contribution is 2.21. The molecular weight excluding hydrogens is 608 g/mol. The monoisotopic (exact) mass is 662 g/mol. The van der Waals surface area contributed by atoms with Crippen molar-refractivity contribution in [2.45, 2.75) is 84.5 Å². The van der Waals surface area contributed by atoms with Crippen LogP contribution < -0.4 is 18.9 Å². The third-order valence-electron chi connectivity index (χ3n) is 8.02. The van der Waals surface area contributed by atoms with Gasteiger partial charge in [0.15, 0.2) is 0 Å². The molecule has 0 fully saturated rings. The molecule has 4 rings (SSSR count). The Morgan fingerprint density at radius 2 is 0.673 bits per heavy atom. The third-order valence-corrected chi connectivity index (χ3v) is 8.02. The molecule has 0 aliphatic heterocycles. The first kappa shape index (κ1) is 37.2. The molecule has 0 aromatic heterocycles. The molecule has 0 radical (unpaired) electrons. The summed E-state index contributed by atoms with van der Waals surface area (Å²) in [7, 11) is 0. The lowest BCUT2D eigenvalue weighted by Crippen LogP contribution is -2.05. The van der Waals surface area contributed by atoms with E-state index in [4.69, 9.17) is 18.9 Å². The second-order valence-corrected chi connectivity index (χ2v) is 12.2. The number of hydrogen-bond acceptors (Lipinski definition) is 6. The van der Waals surface area contributed by atoms with Crippen molar-refractivity contribution >= 4 is 23.8 Å². The van der Waals surface area contributed by atoms with Gasteiger partial charge in [-0.2, -0.15) is 0 Å². The Balaban J connectivity index is 1.07. The van der Waals surface area contributed by atoms with Gasteiger partial charge in [0, 0.05) is 18.9 Å². The van der Waals surface area contributed by atoms with Gasteiger partial charge in [-0.05, 0) is 121 Å². The Kier molecular flexibility index (Phi) is 17.4. The summed E-state index contributed by atoms with van der Waals surface area (Å²) in [6.07, 6.45) is 16.9. The minimum atomic E-state index is 0.578. The van der Waals surface area contributed by atoms with Crippen molar-refractivity contribution in [1.82, 2.24) is 0 Å². The zero-order chi connectivity index (χ0) is 34.2. The van der Waals surface area contributed by atoms with Crippen LogP contribution in [0.1, 0.15) is 95.6 Å². The van der Waals surface area contributed by atoms with Crippen LogP contribution in [0, 0.1) is 0 Å². The van der Waals surface area contributed by atoms with Crippen molar-refractivity contribution in [2.24, 2.45) is 9.98 Å². The van der Waals surface area contributed by atoms with E-state index in [1.807, 2.05) is 109 Å². The molecule has 0 unspecified atom stereocenters. The summed E-state index contributed by atoms with van der Waals surface area (Å²) < 4.78 is 23.5. The highest BCUT2D eigenvalue weighted by atomic mass is 16.5. The fourth-order valence-electron chi connectivity index (χ4n) is 5.09. The van der Waals surface area contributed by atoms with Gasteiger partial charge in [-0.1, -0.05) is 65.2 Å². The van der Waals surface area contributed by atoms with Crippen molar-refractivity contribution in [3.63, 3.8) is 0 Å². The first-order valence-electron chi connectivity index (χ1n) is 18.2. The lowest BCUT2D eigenvalue weighted by molar-refractivity contribution is 0.247. The van der Waals surface area contributed by atoms with E-state index in [0.29, 0.717) is 13.2 Å². The van der Waals surface area contributed by atoms with Crippen molar-refractivity contribution in [2.75, 3.05) is 26.4 Å². The second kappa shape index (κ2) is 22.9. The predicted molar refractivity (Wildman–Crippen MR) is 204 cm³/mol. The maximum Gasteiger partial charge on any atom is 0.119 e. The average molecular weight is 663 g/mol. The van der Waals surface area contributed by atoms with E-state index in [2.05, 4.69) is 23.8 Å². The predicted octanol–water partition coefficient (Wildman–Crippen LogP) is 11.7. The van der Waals surface area contributed by atoms with Crippen LogP contribution in [0.3, 0.4) is 0 Å². The standard InChI is InChI=1S/C43H54N2O4/c1-3-5-7-9-11-30-46-42-26-18-38(19-27-42)44-34-36-14-22-40(23-15-36)48-32-13-33-49-41-24-16-37(17-25-41)35-45-39-20-28-43(29-21-39)47-31-12-10-8-6-4-2/h14-29,34-35H,3-13,30-33H2,1-2H3. The minimum absolute atomic E-state index is 0.578. The number of ether oxygens (including phenoxy) is 4. The van der Waals surface area contributed by atoms with Gasteiger partial charge in [0.05, 0.1) is 37.8 Å². The molecular formula is C43H54N2O4. The summed E-state index contributed by atoms with van der Waals surface area (Å²) in [6.45, 7) is 7.16. The molecule has 6 heteroatoms. The van der Waals surface area contributed by atoms with Crippen molar-refractivity contribution in [3.05, 3.63) is 108 Å². The van der Waals surface area contributed by atoms with Gasteiger partial charge in [0.1, 0.15) is 23.0 Å². The summed E-state index contributed by atoms with van der Waals surface area (Å²) in [5.41, 5.74) is 3.83. The van der Waals surface area contributed by atoms with Crippen LogP contribution in [0.4, 0.5) is 11.4 Å². The first-order chi connectivity index (χ1) is 24.2. The Labute approximate surface area is 294 Å². The molecule has 260 valence electrons. The van der Waals surface area contributed by atoms with Gasteiger partial charge in [0.2, 0.25) is 0 Å². The van der Waals surface area contributed by atoms with E-state index in [-0.39, 0.29) is 0 Å². The Morgan fingerprint density at radius 1 is 0.367 bits per heavy atom. The van der Waals surface area contributed by atoms with E-state index < -0.39 is 0 Å². The molecule has 0 N–H and O–H groups in total. The lowest BCUT2D eigenvalue weighted by Gasteiger charge is -2.08. The normalized spacial score (nSPS) is 11.3. The molecule has 0 aliphatic rings. The third kappa shape index (κ3) is 15.5. The van der Waals surface area contributed by atoms with Crippen LogP contribution in [-0.4, -0.2) is 38.9 Å². The number of nitrogens with zero attached hydrogens (tertiary/aromatic N) is 2. The molecule has 49 heavy (non-hydrogen) atoms. The smallest absolute Gasteiger partial charge is 0.119 e. The van der Waals surface area contributed by atoms with Crippen LogP contribution in [0.15, 0.2) is 107 Å². The Bertz CT molecular complexity index is 1370. The highest BCUT2D eigenvalue weighted by molar-refractivity contribution is 5.82. The topological polar surface area (TPSA) is 61.6 Å². The van der Waals surface area contributed by atoms with Gasteiger partial charge in [-0.15, -0.1) is 0 Å². The highest BCUT2D eigenvalue weighted by Gasteiger charge is 2.00. The molecule has 0 heterocycles. The number of unbranched alkanes of at least 4 members (excludes halogenated alkanes) is 8. The maximum absolute atomic E-state index is 5.91. The summed E-state index contributed by atoms with van der Waals surface area (Å²) in [6, 6.07) is 31.8. The van der Waals surface area contributed by atoms with Crippen LogP contribution in [0.25, 0.3) is 0 Å². The van der Waals surface area contributed by atoms with E-state index in [1.165, 1.54) is 51.4 Å². The van der Waals surface area contributed by atoms with Gasteiger partial charge < -0.3 is 18.9 Å². The van der Waals surface area contributed by atoms with Crippen LogP contribution in [0.2, 0.25) is 0 Å². The van der Waals surface area contributed by atoms with Crippen LogP contribution >= 0.6 is 0 Å². The number of aliphatic imine (C=N–C) groups is 2. The molecule has 0 spiro atoms. The van der Waals surface area contributed by atoms with Crippen LogP contribution in [-0.2, 0) is 0 Å². The van der Waals surface area contributed by atoms with Crippen molar-refractivity contribution in [1.29, 1.82) is 0 Å². The number of hydrogen-bond donors (Lipinski definition) is 0. The van der Waals surface area contributed by atoms with Gasteiger partial charge in [-0.3, -0.25) is 9.98 Å². The zero-order valence-corrected chi connectivity index (χ0v) is 29.5. The van der Waals surface area contributed by atoms with E-state index >= 15 is 0 Å². The molecule has 0 bridgehead atoms. The average Bonchev–Trinajstić information content (AvgIpc) is 3.14. The summed E-state index contributed by atoms with van der Waals surface area (Å²) in [5.74, 6) is 3.45. The Morgan fingerprint density at radius 3 is 1.02 bits per heavy atom. The maximum atomic E-state index is 5.91. The van der Waals surface area contributed by atoms with Gasteiger partial charge >= 0.3 is 0 Å². The fraction of sp³-hybridized carbons (Fsp3) is 0.395. The minimum Gasteiger partial charge on any atom is -0.494 e. The first-order valence-corrected chi connectivity index (χ1v) is 18.2. The number of rotatable bonds is 24. The zero-order valence-electron chi connectivity index (χ0n) is 29.5. The Hall–Kier alpha value is -4.58. The van der Waals surface area contributed by atoms with Crippen molar-refractivity contribution in [3.8, 4) is 23.0 Å². The quantitative estimate of drug-likeness (QED) is 0.0553. The van der Waals surface area contributed by atoms with E-state index in [9.17, 15) is 0 Å². The molecule has 0 saturated carbocycles. The van der Waals surface area contributed by atoms with E-state index in [0.717, 1.165) is 78.0 Å². The summed E-state index contributed by atoms with van der Waals surface area (Å²) >= 11 is 0. The van der Waals surface area contributed by atoms with Crippen molar-refractivity contribution < 1.29 is 18.9 Å². The largest absolute Gasteiger partial charge is 0.494 e. The molecule has 0 saturated heterocycles. The summed E-state index contributed by atoms with van der Waals surface area (Å²) in [5, 5.41) is 0. The molecule has 0 amide bonds. The SMILES string of the molecule is CCCCCCCOc1ccc(N=Cc2ccc(OCCCOc3ccc(C=Nc4ccc(OCCCCCCC)cc4)cc3)cc2)cc1. The fourth-order valence-corrected chi connectivity index (χ4v) is 5.09. The van der Waals surface area contributed by atoms with E-state index in [1.54, 1.807) is 0 Å². The molecule has 4 aromatic carbocycles. The van der Waals surface area contributed by atoms with Crippen LogP contribution in [0.5, 0.6) is 23.0 Å². The second-order valence-electron chi connectivity index (χ2n) is 12.2. The molecule has 0 atom stereocenters.